The number of Topliss-reactive ketones (excluding diaryl/α,β-unsaturated/α-hetero) is 1. The third-order valence-corrected chi connectivity index (χ3v) is 19.5. The zero-order valence-corrected chi connectivity index (χ0v) is 28.3. The fourth-order valence-electron chi connectivity index (χ4n) is 4.62. The highest BCUT2D eigenvalue weighted by atomic mass is 28.4. The van der Waals surface area contributed by atoms with Gasteiger partial charge < -0.3 is 13.7 Å². The van der Waals surface area contributed by atoms with E-state index in [0.29, 0.717) is 5.56 Å². The zero-order chi connectivity index (χ0) is 31.1. The number of non-ortho nitro benzene ring substituents is 1. The van der Waals surface area contributed by atoms with Gasteiger partial charge in [0.25, 0.3) is 5.69 Å². The minimum absolute atomic E-state index is 0.0175. The van der Waals surface area contributed by atoms with Crippen molar-refractivity contribution in [2.75, 3.05) is 0 Å². The molecule has 1 fully saturated rings. The maximum atomic E-state index is 13.9. The quantitative estimate of drug-likeness (QED) is 0.0708. The van der Waals surface area contributed by atoms with Crippen LogP contribution in [0.25, 0.3) is 0 Å². The third-order valence-electron chi connectivity index (χ3n) is 9.55. The van der Waals surface area contributed by atoms with Crippen molar-refractivity contribution in [2.24, 2.45) is 5.41 Å². The number of rotatable bonds is 11. The van der Waals surface area contributed by atoms with Gasteiger partial charge in [0, 0.05) is 24.6 Å². The average molecular weight is 593 g/mol. The standard InChI is InChI=1S/C29H48N2O7Si2/c1-20(38-40(11,12)28(5,6)7)29(8)24(30(26(29)34)39(9,10)27(2,3)4)17-23(32)18-25(33)37-19-21-13-15-22(16-14-21)31(35)36/h13-16,20,24H,17-19H2,1-12H3. The van der Waals surface area contributed by atoms with Crippen molar-refractivity contribution in [3.8, 4) is 0 Å². The zero-order valence-electron chi connectivity index (χ0n) is 26.3. The minimum Gasteiger partial charge on any atom is -0.460 e. The van der Waals surface area contributed by atoms with Crippen LogP contribution in [0.3, 0.4) is 0 Å². The largest absolute Gasteiger partial charge is 0.460 e. The van der Waals surface area contributed by atoms with E-state index in [9.17, 15) is 24.5 Å². The Morgan fingerprint density at radius 2 is 1.57 bits per heavy atom. The van der Waals surface area contributed by atoms with Crippen molar-refractivity contribution in [2.45, 2.75) is 123 Å². The molecule has 1 aliphatic rings. The van der Waals surface area contributed by atoms with Gasteiger partial charge in [-0.3, -0.25) is 24.5 Å². The highest BCUT2D eigenvalue weighted by molar-refractivity contribution is 6.80. The van der Waals surface area contributed by atoms with E-state index < -0.39 is 45.4 Å². The Hall–Kier alpha value is -2.38. The van der Waals surface area contributed by atoms with Crippen LogP contribution in [-0.4, -0.2) is 55.8 Å². The minimum atomic E-state index is -2.33. The van der Waals surface area contributed by atoms with Crippen molar-refractivity contribution in [3.63, 3.8) is 0 Å². The van der Waals surface area contributed by atoms with Gasteiger partial charge in [0.2, 0.25) is 5.91 Å². The number of esters is 1. The van der Waals surface area contributed by atoms with Crippen LogP contribution in [0.5, 0.6) is 0 Å². The summed E-state index contributed by atoms with van der Waals surface area (Å²) in [6, 6.07) is 5.32. The van der Waals surface area contributed by atoms with E-state index in [1.165, 1.54) is 24.3 Å². The Kier molecular flexibility index (Phi) is 9.71. The third kappa shape index (κ3) is 6.74. The van der Waals surface area contributed by atoms with E-state index in [-0.39, 0.29) is 46.5 Å². The number of β-lactam (4-membered cyclic amide) rings is 1. The number of carbonyl (C=O) groups is 3. The Morgan fingerprint density at radius 1 is 1.05 bits per heavy atom. The van der Waals surface area contributed by atoms with Crippen molar-refractivity contribution >= 4 is 39.9 Å². The van der Waals surface area contributed by atoms with Crippen LogP contribution >= 0.6 is 0 Å². The van der Waals surface area contributed by atoms with Crippen LogP contribution in [-0.2, 0) is 30.2 Å². The van der Waals surface area contributed by atoms with E-state index in [4.69, 9.17) is 9.16 Å². The molecule has 1 aromatic carbocycles. The summed E-state index contributed by atoms with van der Waals surface area (Å²) in [5.41, 5.74) is -0.353. The van der Waals surface area contributed by atoms with Gasteiger partial charge in [-0.05, 0) is 54.7 Å². The predicted octanol–water partition coefficient (Wildman–Crippen LogP) is 6.62. The molecule has 11 heteroatoms. The summed E-state index contributed by atoms with van der Waals surface area (Å²) in [6.45, 7) is 25.2. The SMILES string of the molecule is CC(O[Si](C)(C)C(C)(C)C)C1(C)C(=O)N([Si](C)(C)C(C)(C)C)C1CC(=O)CC(=O)OCc1ccc([N+](=O)[O-])cc1. The Bertz CT molecular complexity index is 1140. The van der Waals surface area contributed by atoms with E-state index >= 15 is 0 Å². The maximum absolute atomic E-state index is 13.9. The first kappa shape index (κ1) is 33.8. The van der Waals surface area contributed by atoms with E-state index in [0.717, 1.165) is 0 Å². The highest BCUT2D eigenvalue weighted by Gasteiger charge is 2.66. The Balaban J connectivity index is 2.22. The van der Waals surface area contributed by atoms with Crippen LogP contribution in [0.4, 0.5) is 5.69 Å². The number of ether oxygens (including phenoxy) is 1. The molecule has 1 saturated heterocycles. The number of nitrogens with zero attached hydrogens (tertiary/aromatic N) is 2. The van der Waals surface area contributed by atoms with Gasteiger partial charge in [0.15, 0.2) is 16.6 Å². The molecule has 3 unspecified atom stereocenters. The maximum Gasteiger partial charge on any atom is 0.313 e. The van der Waals surface area contributed by atoms with Crippen molar-refractivity contribution in [1.82, 2.24) is 4.57 Å². The summed E-state index contributed by atoms with van der Waals surface area (Å²) in [5.74, 6) is -0.940. The molecule has 0 saturated carbocycles. The van der Waals surface area contributed by atoms with Crippen LogP contribution < -0.4 is 0 Å². The number of hydrogen-bond donors (Lipinski definition) is 0. The van der Waals surface area contributed by atoms with Gasteiger partial charge >= 0.3 is 5.97 Å². The summed E-state index contributed by atoms with van der Waals surface area (Å²) >= 11 is 0. The van der Waals surface area contributed by atoms with Crippen LogP contribution in [0, 0.1) is 15.5 Å². The van der Waals surface area contributed by atoms with Gasteiger partial charge in [0.05, 0.1) is 16.4 Å². The molecule has 1 aromatic rings. The van der Waals surface area contributed by atoms with Crippen LogP contribution in [0.2, 0.25) is 36.3 Å². The van der Waals surface area contributed by atoms with Crippen molar-refractivity contribution in [1.29, 1.82) is 0 Å². The first-order chi connectivity index (χ1) is 18.0. The topological polar surface area (TPSA) is 116 Å². The normalized spacial score (nSPS) is 21.1. The second-order valence-corrected chi connectivity index (χ2v) is 24.2. The predicted molar refractivity (Wildman–Crippen MR) is 161 cm³/mol. The second kappa shape index (κ2) is 11.5. The van der Waals surface area contributed by atoms with E-state index in [2.05, 4.69) is 67.7 Å². The lowest BCUT2D eigenvalue weighted by molar-refractivity contribution is -0.384. The molecule has 224 valence electrons. The highest BCUT2D eigenvalue weighted by Crippen LogP contribution is 2.53. The van der Waals surface area contributed by atoms with Gasteiger partial charge in [-0.1, -0.05) is 54.6 Å². The molecule has 40 heavy (non-hydrogen) atoms. The molecule has 1 heterocycles. The van der Waals surface area contributed by atoms with Crippen LogP contribution in [0.1, 0.15) is 73.8 Å². The summed E-state index contributed by atoms with van der Waals surface area (Å²) in [4.78, 5) is 50.1. The van der Waals surface area contributed by atoms with E-state index in [1.807, 2.05) is 18.4 Å². The summed E-state index contributed by atoms with van der Waals surface area (Å²) < 4.78 is 13.9. The van der Waals surface area contributed by atoms with E-state index in [1.54, 1.807) is 0 Å². The molecule has 0 N–H and O–H groups in total. The number of nitro benzene ring substituents is 1. The number of nitro groups is 1. The molecule has 0 radical (unpaired) electrons. The van der Waals surface area contributed by atoms with Crippen molar-refractivity contribution < 1.29 is 28.5 Å². The molecule has 1 amide bonds. The number of hydrogen-bond acceptors (Lipinski definition) is 7. The molecular weight excluding hydrogens is 544 g/mol. The number of benzene rings is 1. The summed E-state index contributed by atoms with van der Waals surface area (Å²) in [6.07, 6.45) is -0.753. The summed E-state index contributed by atoms with van der Waals surface area (Å²) in [5, 5.41) is 10.7. The fourth-order valence-corrected chi connectivity index (χ4v) is 8.71. The first-order valence-corrected chi connectivity index (χ1v) is 19.7. The molecule has 0 aliphatic carbocycles. The monoisotopic (exact) mass is 592 g/mol. The molecule has 1 aliphatic heterocycles. The lowest BCUT2D eigenvalue weighted by Crippen LogP contribution is -2.80. The molecule has 3 atom stereocenters. The van der Waals surface area contributed by atoms with Gasteiger partial charge in [-0.2, -0.15) is 0 Å². The average Bonchev–Trinajstić information content (AvgIpc) is 2.80. The molecule has 0 bridgehead atoms. The second-order valence-electron chi connectivity index (χ2n) is 14.3. The Morgan fingerprint density at radius 3 is 2.02 bits per heavy atom. The van der Waals surface area contributed by atoms with Crippen LogP contribution in [0.15, 0.2) is 24.3 Å². The fraction of sp³-hybridized carbons (Fsp3) is 0.690. The van der Waals surface area contributed by atoms with Crippen molar-refractivity contribution in [3.05, 3.63) is 39.9 Å². The smallest absolute Gasteiger partial charge is 0.313 e. The number of carbonyl (C=O) groups excluding carboxylic acids is 3. The molecule has 2 rings (SSSR count). The van der Waals surface area contributed by atoms with Gasteiger partial charge in [-0.25, -0.2) is 0 Å². The molecule has 0 aromatic heterocycles. The lowest BCUT2D eigenvalue weighted by Gasteiger charge is -2.65. The number of amides is 1. The molecule has 0 spiro atoms. The molecular formula is C29H48N2O7Si2. The lowest BCUT2D eigenvalue weighted by atomic mass is 9.68. The molecule has 9 nitrogen and oxygen atoms in total. The van der Waals surface area contributed by atoms with Gasteiger partial charge in [-0.15, -0.1) is 0 Å². The number of ketones is 1. The van der Waals surface area contributed by atoms with Gasteiger partial charge in [0.1, 0.15) is 18.8 Å². The first-order valence-electron chi connectivity index (χ1n) is 13.9. The summed E-state index contributed by atoms with van der Waals surface area (Å²) in [7, 11) is -4.53. The Labute approximate surface area is 241 Å².